The van der Waals surface area contributed by atoms with E-state index in [4.69, 9.17) is 11.6 Å². The molecule has 0 unspecified atom stereocenters. The molecule has 2 heterocycles. The minimum absolute atomic E-state index is 0.0356. The van der Waals surface area contributed by atoms with Crippen LogP contribution < -0.4 is 10.5 Å². The topological polar surface area (TPSA) is 92.1 Å². The van der Waals surface area contributed by atoms with Gasteiger partial charge in [0.2, 0.25) is 0 Å². The van der Waals surface area contributed by atoms with Crippen LogP contribution in [-0.4, -0.2) is 29.0 Å². The maximum Gasteiger partial charge on any atom is 0.293 e. The molecule has 2 aromatic carbocycles. The molecule has 0 atom stereocenters. The average Bonchev–Trinajstić information content (AvgIpc) is 3.10. The normalized spacial score (nSPS) is 11.7. The second kappa shape index (κ2) is 8.57. The molecule has 4 aromatic rings. The van der Waals surface area contributed by atoms with Crippen LogP contribution in [0.5, 0.6) is 0 Å². The molecule has 0 fully saturated rings. The van der Waals surface area contributed by atoms with Crippen molar-refractivity contribution < 1.29 is 4.92 Å². The number of thiophene rings is 1. The van der Waals surface area contributed by atoms with Gasteiger partial charge >= 0.3 is 0 Å². The van der Waals surface area contributed by atoms with Gasteiger partial charge in [0, 0.05) is 30.6 Å². The summed E-state index contributed by atoms with van der Waals surface area (Å²) in [5.41, 5.74) is 2.51. The Kier molecular flexibility index (Phi) is 5.82. The molecule has 162 valence electrons. The number of anilines is 1. The molecule has 0 aliphatic heterocycles. The molecular weight excluding hydrogens is 448 g/mol. The molecule has 0 aliphatic carbocycles. The summed E-state index contributed by atoms with van der Waals surface area (Å²) in [5.74, 6) is 0.212. The number of halogens is 1. The fourth-order valence-electron chi connectivity index (χ4n) is 3.55. The Bertz CT molecular complexity index is 1420. The van der Waals surface area contributed by atoms with Crippen molar-refractivity contribution >= 4 is 55.6 Å². The van der Waals surface area contributed by atoms with Gasteiger partial charge in [-0.1, -0.05) is 48.0 Å². The SMILES string of the molecule is Cc1sc2nc(/C(Cl)=C/c3ccc(N(C)C)c([N+](=O)[O-])c3)[nH]c(=O)c2c1-c1ccccc1. The lowest BCUT2D eigenvalue weighted by Crippen LogP contribution is -2.11. The van der Waals surface area contributed by atoms with Gasteiger partial charge in [-0.05, 0) is 30.2 Å². The molecule has 0 saturated heterocycles. The third-order valence-electron chi connectivity index (χ3n) is 5.00. The summed E-state index contributed by atoms with van der Waals surface area (Å²) in [6, 6.07) is 14.5. The van der Waals surface area contributed by atoms with E-state index in [1.807, 2.05) is 37.3 Å². The molecule has 0 aliphatic rings. The van der Waals surface area contributed by atoms with Crippen molar-refractivity contribution in [2.75, 3.05) is 19.0 Å². The Morgan fingerprint density at radius 2 is 1.94 bits per heavy atom. The lowest BCUT2D eigenvalue weighted by Gasteiger charge is -2.12. The number of nitrogens with one attached hydrogen (secondary N) is 1. The highest BCUT2D eigenvalue weighted by molar-refractivity contribution is 7.19. The lowest BCUT2D eigenvalue weighted by molar-refractivity contribution is -0.384. The van der Waals surface area contributed by atoms with E-state index in [1.54, 1.807) is 37.2 Å². The summed E-state index contributed by atoms with van der Waals surface area (Å²) in [7, 11) is 3.48. The van der Waals surface area contributed by atoms with Crippen molar-refractivity contribution in [2.24, 2.45) is 0 Å². The first kappa shape index (κ1) is 21.7. The van der Waals surface area contributed by atoms with Gasteiger partial charge in [0.1, 0.15) is 10.5 Å². The number of aromatic nitrogens is 2. The number of rotatable bonds is 5. The van der Waals surface area contributed by atoms with Gasteiger partial charge in [0.05, 0.1) is 15.3 Å². The van der Waals surface area contributed by atoms with E-state index in [9.17, 15) is 14.9 Å². The second-order valence-corrected chi connectivity index (χ2v) is 9.00. The molecule has 32 heavy (non-hydrogen) atoms. The van der Waals surface area contributed by atoms with Crippen LogP contribution >= 0.6 is 22.9 Å². The number of H-pyrrole nitrogens is 1. The summed E-state index contributed by atoms with van der Waals surface area (Å²) < 4.78 is 0. The van der Waals surface area contributed by atoms with E-state index < -0.39 is 4.92 Å². The summed E-state index contributed by atoms with van der Waals surface area (Å²) in [4.78, 5) is 34.5. The van der Waals surface area contributed by atoms with Gasteiger partial charge in [-0.15, -0.1) is 11.3 Å². The van der Waals surface area contributed by atoms with Gasteiger partial charge in [0.25, 0.3) is 11.2 Å². The van der Waals surface area contributed by atoms with Crippen LogP contribution in [0.3, 0.4) is 0 Å². The molecule has 1 N–H and O–H groups in total. The minimum atomic E-state index is -0.438. The quantitative estimate of drug-likeness (QED) is 0.302. The van der Waals surface area contributed by atoms with Crippen LogP contribution in [0.4, 0.5) is 11.4 Å². The van der Waals surface area contributed by atoms with Crippen LogP contribution in [0.15, 0.2) is 53.3 Å². The minimum Gasteiger partial charge on any atom is -0.372 e. The van der Waals surface area contributed by atoms with E-state index in [2.05, 4.69) is 9.97 Å². The number of aryl methyl sites for hydroxylation is 1. The molecular formula is C23H19ClN4O3S. The van der Waals surface area contributed by atoms with E-state index in [0.717, 1.165) is 16.0 Å². The number of hydrogen-bond acceptors (Lipinski definition) is 6. The predicted molar refractivity (Wildman–Crippen MR) is 132 cm³/mol. The molecule has 7 nitrogen and oxygen atoms in total. The average molecular weight is 467 g/mol. The zero-order chi connectivity index (χ0) is 23.0. The first-order valence-corrected chi connectivity index (χ1v) is 10.9. The van der Waals surface area contributed by atoms with Crippen molar-refractivity contribution in [3.05, 3.63) is 85.3 Å². The Morgan fingerprint density at radius 3 is 2.59 bits per heavy atom. The predicted octanol–water partition coefficient (Wildman–Crippen LogP) is 5.67. The van der Waals surface area contributed by atoms with Crippen LogP contribution in [0.1, 0.15) is 16.3 Å². The van der Waals surface area contributed by atoms with Gasteiger partial charge in [-0.2, -0.15) is 0 Å². The van der Waals surface area contributed by atoms with Gasteiger partial charge in [-0.3, -0.25) is 14.9 Å². The number of nitrogens with zero attached hydrogens (tertiary/aromatic N) is 3. The zero-order valence-electron chi connectivity index (χ0n) is 17.5. The fraction of sp³-hybridized carbons (Fsp3) is 0.130. The standard InChI is InChI=1S/C23H19ClN4O3S/c1-13-19(15-7-5-4-6-8-15)20-22(29)25-21(26-23(20)32-13)16(24)11-14-9-10-17(27(2)3)18(12-14)28(30)31/h4-12H,1-3H3,(H,25,26,29)/b16-11-. The Hall–Kier alpha value is -3.49. The molecule has 0 spiro atoms. The van der Waals surface area contributed by atoms with Crippen molar-refractivity contribution in [3.63, 3.8) is 0 Å². The van der Waals surface area contributed by atoms with Gasteiger partial charge in [-0.25, -0.2) is 4.98 Å². The fourth-order valence-corrected chi connectivity index (χ4v) is 4.82. The smallest absolute Gasteiger partial charge is 0.293 e. The third-order valence-corrected chi connectivity index (χ3v) is 6.29. The highest BCUT2D eigenvalue weighted by Gasteiger charge is 2.18. The molecule has 2 aromatic heterocycles. The summed E-state index contributed by atoms with van der Waals surface area (Å²) >= 11 is 7.89. The van der Waals surface area contributed by atoms with Crippen molar-refractivity contribution in [1.29, 1.82) is 0 Å². The maximum absolute atomic E-state index is 13.0. The summed E-state index contributed by atoms with van der Waals surface area (Å²) in [6.45, 7) is 1.96. The number of hydrogen-bond donors (Lipinski definition) is 1. The monoisotopic (exact) mass is 466 g/mol. The van der Waals surface area contributed by atoms with Crippen molar-refractivity contribution in [2.45, 2.75) is 6.92 Å². The van der Waals surface area contributed by atoms with Crippen molar-refractivity contribution in [1.82, 2.24) is 9.97 Å². The molecule has 4 rings (SSSR count). The highest BCUT2D eigenvalue weighted by Crippen LogP contribution is 2.36. The number of nitro benzene ring substituents is 1. The molecule has 9 heteroatoms. The van der Waals surface area contributed by atoms with Crippen molar-refractivity contribution in [3.8, 4) is 11.1 Å². The highest BCUT2D eigenvalue weighted by atomic mass is 35.5. The van der Waals surface area contributed by atoms with E-state index in [0.29, 0.717) is 21.5 Å². The first-order chi connectivity index (χ1) is 15.3. The summed E-state index contributed by atoms with van der Waals surface area (Å²) in [5, 5.41) is 12.2. The van der Waals surface area contributed by atoms with E-state index in [1.165, 1.54) is 17.4 Å². The number of fused-ring (bicyclic) bond motifs is 1. The van der Waals surface area contributed by atoms with Crippen LogP contribution in [-0.2, 0) is 0 Å². The van der Waals surface area contributed by atoms with Crippen LogP contribution in [0, 0.1) is 17.0 Å². The molecule has 0 saturated carbocycles. The van der Waals surface area contributed by atoms with E-state index in [-0.39, 0.29) is 22.1 Å². The summed E-state index contributed by atoms with van der Waals surface area (Å²) in [6.07, 6.45) is 1.55. The van der Waals surface area contributed by atoms with Gasteiger partial charge < -0.3 is 9.88 Å². The Balaban J connectivity index is 1.79. The third kappa shape index (κ3) is 4.02. The Morgan fingerprint density at radius 1 is 1.22 bits per heavy atom. The van der Waals surface area contributed by atoms with Gasteiger partial charge in [0.15, 0.2) is 5.82 Å². The number of aromatic amines is 1. The largest absolute Gasteiger partial charge is 0.372 e. The number of benzene rings is 2. The molecule has 0 bridgehead atoms. The maximum atomic E-state index is 13.0. The number of nitro groups is 1. The van der Waals surface area contributed by atoms with Crippen LogP contribution in [0.2, 0.25) is 0 Å². The van der Waals surface area contributed by atoms with Crippen LogP contribution in [0.25, 0.3) is 32.5 Å². The molecule has 0 radical (unpaired) electrons. The van der Waals surface area contributed by atoms with E-state index >= 15 is 0 Å². The molecule has 0 amide bonds. The lowest BCUT2D eigenvalue weighted by atomic mass is 10.0. The zero-order valence-corrected chi connectivity index (χ0v) is 19.1. The first-order valence-electron chi connectivity index (χ1n) is 9.68. The second-order valence-electron chi connectivity index (χ2n) is 7.39. The Labute approximate surface area is 192 Å².